The fourth-order valence-corrected chi connectivity index (χ4v) is 5.24. The van der Waals surface area contributed by atoms with Crippen molar-refractivity contribution in [3.63, 3.8) is 0 Å². The summed E-state index contributed by atoms with van der Waals surface area (Å²) in [6, 6.07) is 14.4. The monoisotopic (exact) mass is 529 g/mol. The summed E-state index contributed by atoms with van der Waals surface area (Å²) in [6.07, 6.45) is 3.22. The Hall–Kier alpha value is -4.04. The summed E-state index contributed by atoms with van der Waals surface area (Å²) >= 11 is 6.48. The Labute approximate surface area is 224 Å². The normalized spacial score (nSPS) is 14.8. The maximum Gasteiger partial charge on any atom is 0.223 e. The number of benzene rings is 2. The van der Waals surface area contributed by atoms with Gasteiger partial charge in [-0.05, 0) is 44.2 Å². The van der Waals surface area contributed by atoms with Gasteiger partial charge >= 0.3 is 0 Å². The second-order valence-corrected chi connectivity index (χ2v) is 10.5. The lowest BCUT2D eigenvalue weighted by molar-refractivity contribution is 0.242. The summed E-state index contributed by atoms with van der Waals surface area (Å²) in [7, 11) is 0. The van der Waals surface area contributed by atoms with Crippen molar-refractivity contribution >= 4 is 22.9 Å². The Bertz CT molecular complexity index is 1650. The standard InChI is InChI=1S/C29H25ClFN5O2/c1-15(2)37-22-11-8-16(14-19(22)30)21-10-9-18-23(17-6-5-7-20(31)24(17)38-27(18)34-21)29(3,4)28-35-25-26(36-28)33-13-12-32-25/h5-15,23H,1-4H3,(H,32,33,35,36)/t23-/m0/s1. The van der Waals surface area contributed by atoms with E-state index in [9.17, 15) is 0 Å². The number of aromatic amines is 1. The molecule has 192 valence electrons. The van der Waals surface area contributed by atoms with Gasteiger partial charge in [0, 0.05) is 40.4 Å². The van der Waals surface area contributed by atoms with Crippen LogP contribution in [0.2, 0.25) is 5.02 Å². The van der Waals surface area contributed by atoms with Crippen LogP contribution in [0.25, 0.3) is 22.6 Å². The van der Waals surface area contributed by atoms with Gasteiger partial charge in [0.1, 0.15) is 11.6 Å². The van der Waals surface area contributed by atoms with Gasteiger partial charge in [0.25, 0.3) is 0 Å². The van der Waals surface area contributed by atoms with Crippen molar-refractivity contribution in [1.29, 1.82) is 0 Å². The molecule has 0 unspecified atom stereocenters. The molecule has 1 aliphatic heterocycles. The Morgan fingerprint density at radius 3 is 2.61 bits per heavy atom. The average molecular weight is 530 g/mol. The first kappa shape index (κ1) is 24.3. The number of fused-ring (bicyclic) bond motifs is 3. The van der Waals surface area contributed by atoms with Gasteiger partial charge in [-0.25, -0.2) is 24.3 Å². The SMILES string of the molecule is CC(C)Oc1ccc(-c2ccc3c(n2)Oc2c(F)cccc2[C@@H]3C(C)(C)c2nc3nccnc3[nH]2)cc1Cl. The number of nitrogens with one attached hydrogen (secondary N) is 1. The fourth-order valence-electron chi connectivity index (χ4n) is 5.01. The van der Waals surface area contributed by atoms with Crippen molar-refractivity contribution in [2.75, 3.05) is 0 Å². The van der Waals surface area contributed by atoms with Crippen LogP contribution in [0.3, 0.4) is 0 Å². The van der Waals surface area contributed by atoms with Crippen LogP contribution in [-0.4, -0.2) is 31.0 Å². The maximum absolute atomic E-state index is 15.1. The molecule has 9 heteroatoms. The number of halogens is 2. The highest BCUT2D eigenvalue weighted by molar-refractivity contribution is 6.32. The van der Waals surface area contributed by atoms with Crippen molar-refractivity contribution in [3.05, 3.63) is 88.7 Å². The van der Waals surface area contributed by atoms with Gasteiger partial charge in [-0.2, -0.15) is 0 Å². The van der Waals surface area contributed by atoms with E-state index in [2.05, 4.69) is 28.8 Å². The first-order valence-electron chi connectivity index (χ1n) is 12.3. The quantitative estimate of drug-likeness (QED) is 0.259. The molecular formula is C29H25ClFN5O2. The number of nitrogens with zero attached hydrogens (tertiary/aromatic N) is 4. The van der Waals surface area contributed by atoms with Crippen molar-refractivity contribution < 1.29 is 13.9 Å². The number of pyridine rings is 1. The van der Waals surface area contributed by atoms with Crippen LogP contribution < -0.4 is 9.47 Å². The van der Waals surface area contributed by atoms with E-state index in [1.54, 1.807) is 24.5 Å². The molecule has 0 bridgehead atoms. The fraction of sp³-hybridized carbons (Fsp3) is 0.241. The zero-order chi connectivity index (χ0) is 26.6. The van der Waals surface area contributed by atoms with Gasteiger partial charge in [-0.15, -0.1) is 0 Å². The summed E-state index contributed by atoms with van der Waals surface area (Å²) in [5, 5.41) is 0.485. The number of ether oxygens (including phenoxy) is 2. The van der Waals surface area contributed by atoms with E-state index < -0.39 is 11.2 Å². The summed E-state index contributed by atoms with van der Waals surface area (Å²) in [5.41, 5.74) is 3.49. The largest absolute Gasteiger partial charge is 0.489 e. The molecule has 3 aromatic heterocycles. The minimum absolute atomic E-state index is 0.00203. The minimum Gasteiger partial charge on any atom is -0.489 e. The molecule has 38 heavy (non-hydrogen) atoms. The molecule has 4 heterocycles. The molecular weight excluding hydrogens is 505 g/mol. The molecule has 0 amide bonds. The first-order chi connectivity index (χ1) is 18.2. The van der Waals surface area contributed by atoms with Crippen LogP contribution in [-0.2, 0) is 5.41 Å². The average Bonchev–Trinajstić information content (AvgIpc) is 3.34. The molecule has 5 aromatic rings. The number of rotatable bonds is 5. The predicted molar refractivity (Wildman–Crippen MR) is 143 cm³/mol. The molecule has 0 spiro atoms. The predicted octanol–water partition coefficient (Wildman–Crippen LogP) is 7.21. The van der Waals surface area contributed by atoms with Crippen LogP contribution in [0.15, 0.2) is 60.9 Å². The van der Waals surface area contributed by atoms with Crippen molar-refractivity contribution in [3.8, 4) is 28.6 Å². The van der Waals surface area contributed by atoms with Crippen LogP contribution >= 0.6 is 11.6 Å². The Morgan fingerprint density at radius 1 is 1.03 bits per heavy atom. The molecule has 0 fully saturated rings. The van der Waals surface area contributed by atoms with Crippen molar-refractivity contribution in [2.45, 2.75) is 45.1 Å². The van der Waals surface area contributed by atoms with Gasteiger partial charge in [0.05, 0.1) is 16.8 Å². The zero-order valence-electron chi connectivity index (χ0n) is 21.3. The third-order valence-corrected chi connectivity index (χ3v) is 7.06. The maximum atomic E-state index is 15.1. The molecule has 7 nitrogen and oxygen atoms in total. The van der Waals surface area contributed by atoms with Crippen LogP contribution in [0.1, 0.15) is 50.6 Å². The van der Waals surface area contributed by atoms with E-state index >= 15 is 4.39 Å². The van der Waals surface area contributed by atoms with Gasteiger partial charge < -0.3 is 14.5 Å². The molecule has 2 aromatic carbocycles. The molecule has 1 N–H and O–H groups in total. The van der Waals surface area contributed by atoms with E-state index in [-0.39, 0.29) is 17.8 Å². The van der Waals surface area contributed by atoms with E-state index in [4.69, 9.17) is 31.0 Å². The molecule has 1 atom stereocenters. The zero-order valence-corrected chi connectivity index (χ0v) is 22.0. The van der Waals surface area contributed by atoms with Gasteiger partial charge in [0.2, 0.25) is 5.88 Å². The number of hydrogen-bond acceptors (Lipinski definition) is 6. The lowest BCUT2D eigenvalue weighted by Gasteiger charge is -2.37. The Kier molecular flexibility index (Phi) is 5.79. The lowest BCUT2D eigenvalue weighted by atomic mass is 9.69. The molecule has 0 aliphatic carbocycles. The van der Waals surface area contributed by atoms with Crippen LogP contribution in [0, 0.1) is 5.82 Å². The van der Waals surface area contributed by atoms with Crippen molar-refractivity contribution in [2.24, 2.45) is 0 Å². The summed E-state index contributed by atoms with van der Waals surface area (Å²) < 4.78 is 26.9. The van der Waals surface area contributed by atoms with Gasteiger partial charge in [-0.3, -0.25) is 0 Å². The van der Waals surface area contributed by atoms with E-state index in [0.717, 1.165) is 16.7 Å². The number of aromatic nitrogens is 5. The van der Waals surface area contributed by atoms with E-state index in [1.807, 2.05) is 44.2 Å². The number of H-pyrrole nitrogens is 1. The van der Waals surface area contributed by atoms with E-state index in [0.29, 0.717) is 39.5 Å². The van der Waals surface area contributed by atoms with Crippen LogP contribution in [0.4, 0.5) is 4.39 Å². The third kappa shape index (κ3) is 4.05. The first-order valence-corrected chi connectivity index (χ1v) is 12.7. The Balaban J connectivity index is 1.47. The molecule has 0 radical (unpaired) electrons. The lowest BCUT2D eigenvalue weighted by Crippen LogP contribution is -2.32. The number of hydrogen-bond donors (Lipinski definition) is 1. The Morgan fingerprint density at radius 2 is 1.84 bits per heavy atom. The third-order valence-electron chi connectivity index (χ3n) is 6.76. The second kappa shape index (κ2) is 9.06. The molecule has 1 aliphatic rings. The molecule has 0 saturated carbocycles. The minimum atomic E-state index is -0.619. The molecule has 0 saturated heterocycles. The van der Waals surface area contributed by atoms with E-state index in [1.165, 1.54) is 6.07 Å². The second-order valence-electron chi connectivity index (χ2n) is 10.1. The highest BCUT2D eigenvalue weighted by Crippen LogP contribution is 2.52. The molecule has 6 rings (SSSR count). The van der Waals surface area contributed by atoms with Gasteiger partial charge in [0.15, 0.2) is 22.9 Å². The van der Waals surface area contributed by atoms with Crippen molar-refractivity contribution in [1.82, 2.24) is 24.9 Å². The summed E-state index contributed by atoms with van der Waals surface area (Å²) in [6.45, 7) is 8.00. The highest BCUT2D eigenvalue weighted by atomic mass is 35.5. The number of imidazole rings is 1. The summed E-state index contributed by atoms with van der Waals surface area (Å²) in [5.74, 6) is 1.02. The van der Waals surface area contributed by atoms with Crippen LogP contribution in [0.5, 0.6) is 17.4 Å². The van der Waals surface area contributed by atoms with Gasteiger partial charge in [-0.1, -0.05) is 43.6 Å². The highest BCUT2D eigenvalue weighted by Gasteiger charge is 2.43. The summed E-state index contributed by atoms with van der Waals surface area (Å²) in [4.78, 5) is 21.5. The number of para-hydroxylation sites is 1. The smallest absolute Gasteiger partial charge is 0.223 e. The topological polar surface area (TPSA) is 85.8 Å².